The number of benzene rings is 3. The van der Waals surface area contributed by atoms with Gasteiger partial charge in [0.15, 0.2) is 0 Å². The highest BCUT2D eigenvalue weighted by atomic mass is 32.1. The van der Waals surface area contributed by atoms with Gasteiger partial charge in [0.25, 0.3) is 5.56 Å². The molecule has 6 aromatic rings. The van der Waals surface area contributed by atoms with Gasteiger partial charge in [0.2, 0.25) is 11.7 Å². The van der Waals surface area contributed by atoms with Gasteiger partial charge in [-0.2, -0.15) is 4.52 Å². The third-order valence-corrected chi connectivity index (χ3v) is 6.43. The molecule has 0 aliphatic carbocycles. The number of para-hydroxylation sites is 1. The van der Waals surface area contributed by atoms with Crippen molar-refractivity contribution in [1.29, 1.82) is 0 Å². The highest BCUT2D eigenvalue weighted by Gasteiger charge is 2.20. The van der Waals surface area contributed by atoms with Crippen LogP contribution in [-0.4, -0.2) is 19.2 Å². The van der Waals surface area contributed by atoms with Crippen molar-refractivity contribution in [3.05, 3.63) is 94.8 Å². The molecule has 3 aromatic carbocycles. The number of aromatic nitrogens is 4. The van der Waals surface area contributed by atoms with E-state index in [4.69, 9.17) is 4.98 Å². The predicted octanol–water partition coefficient (Wildman–Crippen LogP) is 5.30. The van der Waals surface area contributed by atoms with E-state index in [0.717, 1.165) is 21.5 Å². The summed E-state index contributed by atoms with van der Waals surface area (Å²) in [4.78, 5) is 18.3. The van der Waals surface area contributed by atoms with Crippen molar-refractivity contribution in [3.63, 3.8) is 0 Å². The van der Waals surface area contributed by atoms with Crippen LogP contribution >= 0.6 is 11.3 Å². The van der Waals surface area contributed by atoms with Gasteiger partial charge in [-0.25, -0.2) is 9.55 Å². The van der Waals surface area contributed by atoms with Crippen molar-refractivity contribution in [1.82, 2.24) is 19.2 Å². The van der Waals surface area contributed by atoms with Crippen LogP contribution in [0.15, 0.2) is 83.7 Å². The molecule has 3 heterocycles. The Kier molecular flexibility index (Phi) is 3.91. The van der Waals surface area contributed by atoms with Gasteiger partial charge in [0, 0.05) is 15.8 Å². The molecule has 0 saturated carbocycles. The molecule has 3 aromatic heterocycles. The summed E-state index contributed by atoms with van der Waals surface area (Å²) in [7, 11) is 0. The molecule has 0 spiro atoms. The second-order valence-corrected chi connectivity index (χ2v) is 8.44. The van der Waals surface area contributed by atoms with Crippen LogP contribution < -0.4 is 10.9 Å². The Morgan fingerprint density at radius 1 is 0.903 bits per heavy atom. The van der Waals surface area contributed by atoms with Crippen LogP contribution in [0.5, 0.6) is 0 Å². The van der Waals surface area contributed by atoms with Gasteiger partial charge in [-0.1, -0.05) is 54.1 Å². The lowest BCUT2D eigenvalue weighted by atomic mass is 10.2. The smallest absolute Gasteiger partial charge is 0.293 e. The molecule has 0 radical (unpaired) electrons. The fourth-order valence-electron chi connectivity index (χ4n) is 3.75. The monoisotopic (exact) mass is 423 g/mol. The third-order valence-electron chi connectivity index (χ3n) is 5.29. The maximum atomic E-state index is 13.4. The zero-order valence-corrected chi connectivity index (χ0v) is 17.4. The summed E-state index contributed by atoms with van der Waals surface area (Å²) < 4.78 is 4.92. The molecule has 0 fully saturated rings. The quantitative estimate of drug-likeness (QED) is 0.420. The van der Waals surface area contributed by atoms with E-state index in [9.17, 15) is 4.79 Å². The summed E-state index contributed by atoms with van der Waals surface area (Å²) in [5, 5.41) is 8.96. The molecular formula is C24H17N5OS. The molecule has 0 saturated heterocycles. The number of nitrogens with zero attached hydrogens (tertiary/aromatic N) is 4. The van der Waals surface area contributed by atoms with Gasteiger partial charge in [-0.3, -0.25) is 4.79 Å². The topological polar surface area (TPSA) is 64.2 Å². The van der Waals surface area contributed by atoms with Gasteiger partial charge < -0.3 is 5.32 Å². The van der Waals surface area contributed by atoms with E-state index in [1.54, 1.807) is 0 Å². The van der Waals surface area contributed by atoms with E-state index in [1.165, 1.54) is 21.4 Å². The zero-order chi connectivity index (χ0) is 20.9. The maximum Gasteiger partial charge on any atom is 0.293 e. The van der Waals surface area contributed by atoms with Crippen LogP contribution in [0.4, 0.5) is 11.6 Å². The summed E-state index contributed by atoms with van der Waals surface area (Å²) in [5.41, 5.74) is 3.48. The molecule has 150 valence electrons. The SMILES string of the molecule is Cc1ccc(Nc2nn3c(=O)c4sc5ccccc5c4nc3n2-c2ccccc2)cc1. The second-order valence-electron chi connectivity index (χ2n) is 7.39. The zero-order valence-electron chi connectivity index (χ0n) is 16.6. The molecule has 0 amide bonds. The molecule has 0 atom stereocenters. The predicted molar refractivity (Wildman–Crippen MR) is 126 cm³/mol. The second kappa shape index (κ2) is 6.78. The van der Waals surface area contributed by atoms with E-state index < -0.39 is 0 Å². The van der Waals surface area contributed by atoms with Crippen LogP contribution in [0, 0.1) is 6.92 Å². The number of nitrogens with one attached hydrogen (secondary N) is 1. The van der Waals surface area contributed by atoms with Crippen molar-refractivity contribution in [2.75, 3.05) is 5.32 Å². The van der Waals surface area contributed by atoms with E-state index in [2.05, 4.69) is 10.4 Å². The molecule has 0 aliphatic heterocycles. The fraction of sp³-hybridized carbons (Fsp3) is 0.0417. The molecule has 6 rings (SSSR count). The Hall–Kier alpha value is -3.97. The van der Waals surface area contributed by atoms with E-state index in [-0.39, 0.29) is 5.56 Å². The van der Waals surface area contributed by atoms with E-state index in [1.807, 2.05) is 90.4 Å². The molecule has 0 bridgehead atoms. The van der Waals surface area contributed by atoms with Crippen LogP contribution in [0.2, 0.25) is 0 Å². The summed E-state index contributed by atoms with van der Waals surface area (Å²) >= 11 is 1.45. The summed E-state index contributed by atoms with van der Waals surface area (Å²) in [6, 6.07) is 25.8. The largest absolute Gasteiger partial charge is 0.324 e. The third kappa shape index (κ3) is 2.82. The van der Waals surface area contributed by atoms with Gasteiger partial charge in [0.1, 0.15) is 4.70 Å². The first-order chi connectivity index (χ1) is 15.2. The van der Waals surface area contributed by atoms with Gasteiger partial charge in [-0.05, 0) is 37.3 Å². The summed E-state index contributed by atoms with van der Waals surface area (Å²) in [6.45, 7) is 2.05. The van der Waals surface area contributed by atoms with E-state index in [0.29, 0.717) is 21.9 Å². The van der Waals surface area contributed by atoms with Crippen molar-refractivity contribution in [3.8, 4) is 5.69 Å². The normalized spacial score (nSPS) is 11.5. The minimum Gasteiger partial charge on any atom is -0.324 e. The Balaban J connectivity index is 1.67. The maximum absolute atomic E-state index is 13.4. The minimum absolute atomic E-state index is 0.164. The fourth-order valence-corrected chi connectivity index (χ4v) is 4.82. The molecule has 0 unspecified atom stereocenters. The van der Waals surface area contributed by atoms with Gasteiger partial charge in [0.05, 0.1) is 11.2 Å². The van der Waals surface area contributed by atoms with Crippen LogP contribution in [-0.2, 0) is 0 Å². The Morgan fingerprint density at radius 3 is 2.45 bits per heavy atom. The lowest BCUT2D eigenvalue weighted by Gasteiger charge is -2.09. The lowest BCUT2D eigenvalue weighted by molar-refractivity contribution is 0.920. The van der Waals surface area contributed by atoms with Crippen LogP contribution in [0.25, 0.3) is 31.8 Å². The Bertz CT molecular complexity index is 1630. The average molecular weight is 424 g/mol. The number of fused-ring (bicyclic) bond motifs is 4. The molecule has 6 nitrogen and oxygen atoms in total. The molecule has 0 aliphatic rings. The van der Waals surface area contributed by atoms with Crippen molar-refractivity contribution in [2.24, 2.45) is 0 Å². The van der Waals surface area contributed by atoms with Gasteiger partial charge >= 0.3 is 0 Å². The number of hydrogen-bond donors (Lipinski definition) is 1. The summed E-state index contributed by atoms with van der Waals surface area (Å²) in [5.74, 6) is 1.00. The number of rotatable bonds is 3. The lowest BCUT2D eigenvalue weighted by Crippen LogP contribution is -2.15. The molecule has 1 N–H and O–H groups in total. The van der Waals surface area contributed by atoms with Crippen molar-refractivity contribution in [2.45, 2.75) is 6.92 Å². The number of aryl methyl sites for hydroxylation is 1. The standard InChI is InChI=1S/C24H17N5OS/c1-15-11-13-16(14-12-15)25-23-27-29-22(30)21-20(18-9-5-6-10-19(18)31-21)26-24(29)28(23)17-7-3-2-4-8-17/h2-14H,1H3,(H,25,27). The molecular weight excluding hydrogens is 406 g/mol. The highest BCUT2D eigenvalue weighted by molar-refractivity contribution is 7.25. The number of thiophene rings is 1. The molecule has 31 heavy (non-hydrogen) atoms. The van der Waals surface area contributed by atoms with Crippen molar-refractivity contribution >= 4 is 49.1 Å². The average Bonchev–Trinajstić information content (AvgIpc) is 3.35. The Morgan fingerprint density at radius 2 is 1.65 bits per heavy atom. The first-order valence-electron chi connectivity index (χ1n) is 9.91. The van der Waals surface area contributed by atoms with E-state index >= 15 is 0 Å². The highest BCUT2D eigenvalue weighted by Crippen LogP contribution is 2.31. The van der Waals surface area contributed by atoms with Gasteiger partial charge in [-0.15, -0.1) is 16.4 Å². The minimum atomic E-state index is -0.164. The first-order valence-corrected chi connectivity index (χ1v) is 10.7. The first kappa shape index (κ1) is 17.9. The molecule has 7 heteroatoms. The number of anilines is 2. The van der Waals surface area contributed by atoms with Crippen molar-refractivity contribution < 1.29 is 0 Å². The number of hydrogen-bond acceptors (Lipinski definition) is 5. The summed E-state index contributed by atoms with van der Waals surface area (Å²) in [6.07, 6.45) is 0. The Labute approximate surface area is 181 Å². The van der Waals surface area contributed by atoms with Crippen LogP contribution in [0.1, 0.15) is 5.56 Å². The van der Waals surface area contributed by atoms with Crippen LogP contribution in [0.3, 0.4) is 0 Å².